The zero-order valence-corrected chi connectivity index (χ0v) is 19.1. The number of carbonyl (C=O) groups is 1. The van der Waals surface area contributed by atoms with Gasteiger partial charge in [0.1, 0.15) is 0 Å². The van der Waals surface area contributed by atoms with Crippen molar-refractivity contribution in [3.63, 3.8) is 0 Å². The zero-order valence-electron chi connectivity index (χ0n) is 19.1. The number of fused-ring (bicyclic) bond motifs is 5. The molecule has 2 fully saturated rings. The molecule has 4 aliphatic carbocycles. The highest BCUT2D eigenvalue weighted by atomic mass is 16.4. The first-order chi connectivity index (χ1) is 14.8. The summed E-state index contributed by atoms with van der Waals surface area (Å²) in [5, 5.41) is 20.0. The van der Waals surface area contributed by atoms with Crippen molar-refractivity contribution in [1.82, 2.24) is 0 Å². The van der Waals surface area contributed by atoms with Crippen molar-refractivity contribution < 1.29 is 19.4 Å². The van der Waals surface area contributed by atoms with Crippen molar-refractivity contribution in [2.24, 2.45) is 34.5 Å². The predicted octanol–water partition coefficient (Wildman–Crippen LogP) is 6.08. The maximum Gasteiger partial charge on any atom is 0.307 e. The number of allylic oxidation sites excluding steroid dienone is 2. The maximum absolute atomic E-state index is 11.8. The standard InChI is InChI=1S/C27H36O4/c1-4-16-11-19-14-20(28)5-8-26(19,2)21-6-9-27(3)22(24(16)21)12-18(13-23(29)30)25(27)17-7-10-31-15-17/h7,10-11,15-16,20-22,24,28H,4-6,8-9,12-14H2,1-3H3,(H,29,30)/t16?,20?,21-,22+,24-,26+,27+/m1/s1. The van der Waals surface area contributed by atoms with Crippen molar-refractivity contribution in [1.29, 1.82) is 0 Å². The molecule has 0 spiro atoms. The van der Waals surface area contributed by atoms with Crippen LogP contribution >= 0.6 is 0 Å². The van der Waals surface area contributed by atoms with Crippen molar-refractivity contribution in [2.45, 2.75) is 78.2 Å². The number of hydrogen-bond acceptors (Lipinski definition) is 3. The number of carboxylic acid groups (broad SMARTS) is 1. The quantitative estimate of drug-likeness (QED) is 0.575. The van der Waals surface area contributed by atoms with Gasteiger partial charge in [0.15, 0.2) is 0 Å². The Kier molecular flexibility index (Phi) is 5.00. The van der Waals surface area contributed by atoms with Gasteiger partial charge in [-0.1, -0.05) is 38.0 Å². The molecule has 0 radical (unpaired) electrons. The molecule has 4 aliphatic rings. The molecule has 168 valence electrons. The molecule has 0 aliphatic heterocycles. The van der Waals surface area contributed by atoms with Crippen molar-refractivity contribution in [3.8, 4) is 0 Å². The lowest BCUT2D eigenvalue weighted by atomic mass is 9.45. The van der Waals surface area contributed by atoms with Gasteiger partial charge in [-0.3, -0.25) is 4.79 Å². The van der Waals surface area contributed by atoms with Crippen LogP contribution in [0, 0.1) is 34.5 Å². The second-order valence-electron chi connectivity index (χ2n) is 11.1. The van der Waals surface area contributed by atoms with E-state index in [1.165, 1.54) is 17.6 Å². The summed E-state index contributed by atoms with van der Waals surface area (Å²) >= 11 is 0. The van der Waals surface area contributed by atoms with Crippen molar-refractivity contribution in [2.75, 3.05) is 0 Å². The summed E-state index contributed by atoms with van der Waals surface area (Å²) in [5.41, 5.74) is 5.11. The van der Waals surface area contributed by atoms with Gasteiger partial charge in [-0.05, 0) is 91.1 Å². The summed E-state index contributed by atoms with van der Waals surface area (Å²) in [7, 11) is 0. The highest BCUT2D eigenvalue weighted by molar-refractivity contribution is 5.81. The minimum Gasteiger partial charge on any atom is -0.481 e. The summed E-state index contributed by atoms with van der Waals surface area (Å²) in [4.78, 5) is 11.8. The van der Waals surface area contributed by atoms with Gasteiger partial charge in [0, 0.05) is 5.56 Å². The fourth-order valence-electron chi connectivity index (χ4n) is 8.26. The summed E-state index contributed by atoms with van der Waals surface area (Å²) < 4.78 is 5.44. The fraction of sp³-hybridized carbons (Fsp3) is 0.667. The smallest absolute Gasteiger partial charge is 0.307 e. The Labute approximate surface area is 185 Å². The molecule has 4 heteroatoms. The molecule has 0 bridgehead atoms. The van der Waals surface area contributed by atoms with E-state index in [0.717, 1.165) is 49.7 Å². The Morgan fingerprint density at radius 3 is 2.61 bits per heavy atom. The Morgan fingerprint density at radius 2 is 1.94 bits per heavy atom. The van der Waals surface area contributed by atoms with Gasteiger partial charge in [0.2, 0.25) is 0 Å². The highest BCUT2D eigenvalue weighted by Crippen LogP contribution is 2.69. The summed E-state index contributed by atoms with van der Waals surface area (Å²) in [5.74, 6) is 1.44. The Balaban J connectivity index is 1.59. The number of hydrogen-bond donors (Lipinski definition) is 2. The minimum absolute atomic E-state index is 0.000866. The van der Waals surface area contributed by atoms with E-state index in [1.807, 2.05) is 6.07 Å². The van der Waals surface area contributed by atoms with Gasteiger partial charge in [-0.25, -0.2) is 0 Å². The number of rotatable bonds is 4. The topological polar surface area (TPSA) is 70.7 Å². The van der Waals surface area contributed by atoms with Crippen LogP contribution in [0.5, 0.6) is 0 Å². The molecular weight excluding hydrogens is 388 g/mol. The Bertz CT molecular complexity index is 925. The maximum atomic E-state index is 11.8. The summed E-state index contributed by atoms with van der Waals surface area (Å²) in [6.45, 7) is 7.14. The van der Waals surface area contributed by atoms with E-state index in [-0.39, 0.29) is 23.4 Å². The monoisotopic (exact) mass is 424 g/mol. The molecule has 5 rings (SSSR count). The molecule has 1 aromatic rings. The van der Waals surface area contributed by atoms with Crippen LogP contribution in [0.25, 0.3) is 5.57 Å². The average Bonchev–Trinajstić information content (AvgIpc) is 3.32. The molecule has 0 saturated heterocycles. The molecule has 2 saturated carbocycles. The van der Waals surface area contributed by atoms with Gasteiger partial charge in [-0.15, -0.1) is 0 Å². The van der Waals surface area contributed by atoms with Crippen molar-refractivity contribution >= 4 is 11.5 Å². The molecule has 4 nitrogen and oxygen atoms in total. The van der Waals surface area contributed by atoms with E-state index in [9.17, 15) is 15.0 Å². The third-order valence-electron chi connectivity index (χ3n) is 9.67. The van der Waals surface area contributed by atoms with E-state index in [4.69, 9.17) is 4.42 Å². The second-order valence-corrected chi connectivity index (χ2v) is 11.1. The molecule has 7 atom stereocenters. The molecule has 2 N–H and O–H groups in total. The number of furan rings is 1. The van der Waals surface area contributed by atoms with E-state index < -0.39 is 5.97 Å². The van der Waals surface area contributed by atoms with E-state index in [1.54, 1.807) is 12.5 Å². The first kappa shape index (κ1) is 21.1. The highest BCUT2D eigenvalue weighted by Gasteiger charge is 2.60. The summed E-state index contributed by atoms with van der Waals surface area (Å²) in [6.07, 6.45) is 13.1. The first-order valence-electron chi connectivity index (χ1n) is 12.1. The minimum atomic E-state index is -0.735. The number of aliphatic carboxylic acids is 1. The first-order valence-corrected chi connectivity index (χ1v) is 12.1. The number of aliphatic hydroxyl groups is 1. The van der Waals surface area contributed by atoms with E-state index in [0.29, 0.717) is 23.7 Å². The van der Waals surface area contributed by atoms with Crippen LogP contribution in [0.2, 0.25) is 0 Å². The Morgan fingerprint density at radius 1 is 1.16 bits per heavy atom. The van der Waals surface area contributed by atoms with E-state index >= 15 is 0 Å². The third kappa shape index (κ3) is 3.08. The summed E-state index contributed by atoms with van der Waals surface area (Å²) in [6, 6.07) is 2.01. The molecule has 2 unspecified atom stereocenters. The molecule has 0 aromatic carbocycles. The largest absolute Gasteiger partial charge is 0.481 e. The normalized spacial score (nSPS) is 41.9. The average molecular weight is 425 g/mol. The van der Waals surface area contributed by atoms with Gasteiger partial charge in [-0.2, -0.15) is 0 Å². The molecule has 1 aromatic heterocycles. The second kappa shape index (κ2) is 7.37. The van der Waals surface area contributed by atoms with Gasteiger partial charge < -0.3 is 14.6 Å². The molecule has 31 heavy (non-hydrogen) atoms. The van der Waals surface area contributed by atoms with Crippen LogP contribution < -0.4 is 0 Å². The van der Waals surface area contributed by atoms with Crippen LogP contribution in [0.4, 0.5) is 0 Å². The third-order valence-corrected chi connectivity index (χ3v) is 9.67. The lowest BCUT2D eigenvalue weighted by molar-refractivity contribution is -0.136. The van der Waals surface area contributed by atoms with Crippen LogP contribution in [0.1, 0.15) is 77.7 Å². The number of aliphatic hydroxyl groups excluding tert-OH is 1. The van der Waals surface area contributed by atoms with Crippen molar-refractivity contribution in [3.05, 3.63) is 41.4 Å². The molecular formula is C27H36O4. The van der Waals surface area contributed by atoms with Crippen LogP contribution in [0.3, 0.4) is 0 Å². The van der Waals surface area contributed by atoms with Crippen LogP contribution in [-0.2, 0) is 4.79 Å². The predicted molar refractivity (Wildman–Crippen MR) is 120 cm³/mol. The molecule has 0 amide bonds. The SMILES string of the molecule is CCC1C=C2CC(O)CC[C@]2(C)[C@@H]2CC[C@]3(C)C(c4ccoc4)=C(CC(=O)O)C[C@H]3[C@H]12. The van der Waals surface area contributed by atoms with Gasteiger partial charge in [0.25, 0.3) is 0 Å². The van der Waals surface area contributed by atoms with Gasteiger partial charge >= 0.3 is 5.97 Å². The Hall–Kier alpha value is -1.81. The van der Waals surface area contributed by atoms with Gasteiger partial charge in [0.05, 0.1) is 25.1 Å². The van der Waals surface area contributed by atoms with E-state index in [2.05, 4.69) is 26.8 Å². The lowest BCUT2D eigenvalue weighted by Crippen LogP contribution is -2.52. The number of carboxylic acids is 1. The van der Waals surface area contributed by atoms with Crippen LogP contribution in [0.15, 0.2) is 40.2 Å². The van der Waals surface area contributed by atoms with Crippen LogP contribution in [-0.4, -0.2) is 22.3 Å². The molecule has 1 heterocycles. The lowest BCUT2D eigenvalue weighted by Gasteiger charge is -2.59. The fourth-order valence-corrected chi connectivity index (χ4v) is 8.26. The zero-order chi connectivity index (χ0) is 22.0.